The lowest BCUT2D eigenvalue weighted by molar-refractivity contribution is 0.0543. The third-order valence-corrected chi connectivity index (χ3v) is 2.83. The fourth-order valence-electron chi connectivity index (χ4n) is 1.81. The van der Waals surface area contributed by atoms with E-state index in [9.17, 15) is 5.11 Å². The number of rotatable bonds is 4. The molecule has 2 nitrogen and oxygen atoms in total. The predicted molar refractivity (Wildman–Crippen MR) is 68.6 cm³/mol. The largest absolute Gasteiger partial charge is 0.384 e. The van der Waals surface area contributed by atoms with Gasteiger partial charge in [0.05, 0.1) is 5.60 Å². The molecule has 0 amide bonds. The third-order valence-electron chi connectivity index (χ3n) is 2.83. The zero-order valence-corrected chi connectivity index (χ0v) is 11.0. The monoisotopic (exact) mass is 221 g/mol. The number of hydrogen-bond acceptors (Lipinski definition) is 2. The van der Waals surface area contributed by atoms with Crippen molar-refractivity contribution in [2.75, 3.05) is 6.54 Å². The second-order valence-electron chi connectivity index (χ2n) is 5.13. The van der Waals surface area contributed by atoms with E-state index in [-0.39, 0.29) is 0 Å². The maximum Gasteiger partial charge on any atom is 0.0995 e. The molecule has 0 aliphatic heterocycles. The first kappa shape index (κ1) is 13.2. The van der Waals surface area contributed by atoms with Gasteiger partial charge in [-0.25, -0.2) is 0 Å². The van der Waals surface area contributed by atoms with Crippen LogP contribution in [0.1, 0.15) is 37.5 Å². The molecule has 2 heteroatoms. The lowest BCUT2D eigenvalue weighted by atomic mass is 9.90. The number of aryl methyl sites for hydroxylation is 2. The fourth-order valence-corrected chi connectivity index (χ4v) is 1.81. The smallest absolute Gasteiger partial charge is 0.0995 e. The van der Waals surface area contributed by atoms with Crippen molar-refractivity contribution in [3.05, 3.63) is 34.9 Å². The molecule has 1 rings (SSSR count). The topological polar surface area (TPSA) is 32.3 Å². The Kier molecular flexibility index (Phi) is 4.11. The Bertz CT molecular complexity index is 356. The van der Waals surface area contributed by atoms with Gasteiger partial charge in [0.2, 0.25) is 0 Å². The minimum absolute atomic E-state index is 0.386. The van der Waals surface area contributed by atoms with Crippen LogP contribution in [0.2, 0.25) is 0 Å². The van der Waals surface area contributed by atoms with E-state index in [1.807, 2.05) is 13.8 Å². The van der Waals surface area contributed by atoms with Gasteiger partial charge >= 0.3 is 0 Å². The molecule has 0 bridgehead atoms. The van der Waals surface area contributed by atoms with Crippen LogP contribution < -0.4 is 5.32 Å². The van der Waals surface area contributed by atoms with E-state index in [1.54, 1.807) is 0 Å². The highest BCUT2D eigenvalue weighted by Gasteiger charge is 2.24. The van der Waals surface area contributed by atoms with Crippen LogP contribution in [0.3, 0.4) is 0 Å². The molecule has 0 aliphatic rings. The fraction of sp³-hybridized carbons (Fsp3) is 0.571. The van der Waals surface area contributed by atoms with E-state index in [2.05, 4.69) is 44.3 Å². The molecule has 90 valence electrons. The van der Waals surface area contributed by atoms with Gasteiger partial charge in [0.1, 0.15) is 0 Å². The Balaban J connectivity index is 2.92. The molecule has 2 N–H and O–H groups in total. The Morgan fingerprint density at radius 3 is 2.50 bits per heavy atom. The SMILES string of the molecule is Cc1ccc(C)c(C(C)(O)CNC(C)C)c1. The van der Waals surface area contributed by atoms with Crippen molar-refractivity contribution in [3.63, 3.8) is 0 Å². The first-order chi connectivity index (χ1) is 7.33. The molecule has 0 fully saturated rings. The first-order valence-electron chi connectivity index (χ1n) is 5.86. The summed E-state index contributed by atoms with van der Waals surface area (Å²) in [5.41, 5.74) is 2.53. The summed E-state index contributed by atoms with van der Waals surface area (Å²) in [4.78, 5) is 0. The Hall–Kier alpha value is -0.860. The molecule has 1 atom stereocenters. The Morgan fingerprint density at radius 1 is 1.31 bits per heavy atom. The highest BCUT2D eigenvalue weighted by molar-refractivity contribution is 5.34. The predicted octanol–water partition coefficient (Wildman–Crippen LogP) is 2.51. The summed E-state index contributed by atoms with van der Waals surface area (Å²) in [5, 5.41) is 13.8. The van der Waals surface area contributed by atoms with E-state index in [0.717, 1.165) is 11.1 Å². The van der Waals surface area contributed by atoms with E-state index in [4.69, 9.17) is 0 Å². The van der Waals surface area contributed by atoms with Crippen LogP contribution >= 0.6 is 0 Å². The highest BCUT2D eigenvalue weighted by Crippen LogP contribution is 2.24. The average Bonchev–Trinajstić information content (AvgIpc) is 2.19. The summed E-state index contributed by atoms with van der Waals surface area (Å²) in [5.74, 6) is 0. The molecule has 0 radical (unpaired) electrons. The minimum atomic E-state index is -0.805. The van der Waals surface area contributed by atoms with Gasteiger partial charge in [-0.2, -0.15) is 0 Å². The quantitative estimate of drug-likeness (QED) is 0.819. The van der Waals surface area contributed by atoms with Gasteiger partial charge in [0.25, 0.3) is 0 Å². The lowest BCUT2D eigenvalue weighted by Crippen LogP contribution is -2.39. The van der Waals surface area contributed by atoms with Crippen LogP contribution in [0.5, 0.6) is 0 Å². The number of nitrogens with one attached hydrogen (secondary N) is 1. The van der Waals surface area contributed by atoms with Crippen LogP contribution in [0, 0.1) is 13.8 Å². The van der Waals surface area contributed by atoms with E-state index < -0.39 is 5.60 Å². The number of aliphatic hydroxyl groups is 1. The molecule has 0 saturated carbocycles. The Morgan fingerprint density at radius 2 is 1.94 bits per heavy atom. The molecule has 0 heterocycles. The van der Waals surface area contributed by atoms with Gasteiger partial charge in [-0.1, -0.05) is 37.6 Å². The van der Waals surface area contributed by atoms with Crippen LogP contribution in [0.25, 0.3) is 0 Å². The van der Waals surface area contributed by atoms with Crippen LogP contribution in [-0.2, 0) is 5.60 Å². The second-order valence-corrected chi connectivity index (χ2v) is 5.13. The van der Waals surface area contributed by atoms with Crippen LogP contribution in [-0.4, -0.2) is 17.7 Å². The summed E-state index contributed by atoms with van der Waals surface area (Å²) in [6, 6.07) is 6.59. The number of hydrogen-bond donors (Lipinski definition) is 2. The summed E-state index contributed by atoms with van der Waals surface area (Å²) in [6.45, 7) is 10.7. The molecule has 0 spiro atoms. The second kappa shape index (κ2) is 4.98. The third kappa shape index (κ3) is 3.32. The van der Waals surface area contributed by atoms with Gasteiger partial charge in [-0.15, -0.1) is 0 Å². The van der Waals surface area contributed by atoms with Crippen molar-refractivity contribution in [3.8, 4) is 0 Å². The van der Waals surface area contributed by atoms with Gasteiger partial charge in [-0.05, 0) is 31.9 Å². The summed E-state index contributed by atoms with van der Waals surface area (Å²) >= 11 is 0. The van der Waals surface area contributed by atoms with Gasteiger partial charge in [-0.3, -0.25) is 0 Å². The van der Waals surface area contributed by atoms with Crippen molar-refractivity contribution in [2.24, 2.45) is 0 Å². The van der Waals surface area contributed by atoms with E-state index >= 15 is 0 Å². The van der Waals surface area contributed by atoms with Gasteiger partial charge in [0.15, 0.2) is 0 Å². The molecule has 16 heavy (non-hydrogen) atoms. The van der Waals surface area contributed by atoms with Crippen molar-refractivity contribution in [2.45, 2.75) is 46.3 Å². The molecule has 1 unspecified atom stereocenters. The molecular weight excluding hydrogens is 198 g/mol. The number of benzene rings is 1. The van der Waals surface area contributed by atoms with Crippen molar-refractivity contribution >= 4 is 0 Å². The summed E-state index contributed by atoms with van der Waals surface area (Å²) in [6.07, 6.45) is 0. The van der Waals surface area contributed by atoms with Crippen molar-refractivity contribution in [1.82, 2.24) is 5.32 Å². The average molecular weight is 221 g/mol. The maximum absolute atomic E-state index is 10.5. The normalized spacial score (nSPS) is 15.2. The molecule has 0 aromatic heterocycles. The first-order valence-corrected chi connectivity index (χ1v) is 5.86. The summed E-state index contributed by atoms with van der Waals surface area (Å²) < 4.78 is 0. The standard InChI is InChI=1S/C14H23NO/c1-10(2)15-9-14(5,16)13-8-11(3)6-7-12(13)4/h6-8,10,15-16H,9H2,1-5H3. The van der Waals surface area contributed by atoms with Crippen LogP contribution in [0.4, 0.5) is 0 Å². The molecule has 0 saturated heterocycles. The maximum atomic E-state index is 10.5. The molecule has 1 aromatic rings. The van der Waals surface area contributed by atoms with Crippen LogP contribution in [0.15, 0.2) is 18.2 Å². The van der Waals surface area contributed by atoms with Gasteiger partial charge < -0.3 is 10.4 Å². The Labute approximate surface area is 98.7 Å². The molecular formula is C14H23NO. The highest BCUT2D eigenvalue weighted by atomic mass is 16.3. The minimum Gasteiger partial charge on any atom is -0.384 e. The zero-order valence-electron chi connectivity index (χ0n) is 11.0. The zero-order chi connectivity index (χ0) is 12.3. The van der Waals surface area contributed by atoms with E-state index in [1.165, 1.54) is 5.56 Å². The molecule has 0 aliphatic carbocycles. The van der Waals surface area contributed by atoms with Gasteiger partial charge in [0, 0.05) is 12.6 Å². The van der Waals surface area contributed by atoms with E-state index in [0.29, 0.717) is 12.6 Å². The van der Waals surface area contributed by atoms with Crippen molar-refractivity contribution < 1.29 is 5.11 Å². The summed E-state index contributed by atoms with van der Waals surface area (Å²) in [7, 11) is 0. The molecule has 1 aromatic carbocycles. The van der Waals surface area contributed by atoms with Crippen molar-refractivity contribution in [1.29, 1.82) is 0 Å². The lowest BCUT2D eigenvalue weighted by Gasteiger charge is -2.27.